The molecule has 0 spiro atoms. The Balaban J connectivity index is 1.69. The van der Waals surface area contributed by atoms with Crippen molar-refractivity contribution in [3.63, 3.8) is 0 Å². The first-order valence-corrected chi connectivity index (χ1v) is 8.70. The Morgan fingerprint density at radius 1 is 1.46 bits per heavy atom. The average Bonchev–Trinajstić information content (AvgIpc) is 2.63. The number of hydrogen-bond acceptors (Lipinski definition) is 5. The van der Waals surface area contributed by atoms with E-state index < -0.39 is 0 Å². The molecule has 1 aromatic heterocycles. The van der Waals surface area contributed by atoms with E-state index in [-0.39, 0.29) is 0 Å². The molecule has 0 radical (unpaired) electrons. The van der Waals surface area contributed by atoms with Gasteiger partial charge in [0.15, 0.2) is 5.96 Å². The van der Waals surface area contributed by atoms with Crippen molar-refractivity contribution in [3.05, 3.63) is 23.9 Å². The lowest BCUT2D eigenvalue weighted by atomic mass is 10.3. The van der Waals surface area contributed by atoms with E-state index in [2.05, 4.69) is 27.1 Å². The first-order chi connectivity index (χ1) is 11.8. The number of aliphatic imine (C=N–C) groups is 1. The molecule has 7 nitrogen and oxygen atoms in total. The molecule has 0 bridgehead atoms. The first-order valence-electron chi connectivity index (χ1n) is 8.70. The van der Waals surface area contributed by atoms with Crippen molar-refractivity contribution in [1.29, 1.82) is 0 Å². The van der Waals surface area contributed by atoms with Gasteiger partial charge < -0.3 is 20.5 Å². The zero-order valence-electron chi connectivity index (χ0n) is 14.5. The van der Waals surface area contributed by atoms with Gasteiger partial charge in [0.25, 0.3) is 0 Å². The molecule has 1 fully saturated rings. The van der Waals surface area contributed by atoms with E-state index >= 15 is 0 Å². The van der Waals surface area contributed by atoms with Gasteiger partial charge in [-0.3, -0.25) is 4.90 Å². The smallest absolute Gasteiger partial charge is 0.218 e. The highest BCUT2D eigenvalue weighted by Crippen LogP contribution is 2.15. The predicted molar refractivity (Wildman–Crippen MR) is 95.2 cm³/mol. The normalized spacial score (nSPS) is 16.1. The second-order valence-electron chi connectivity index (χ2n) is 5.75. The van der Waals surface area contributed by atoms with Crippen molar-refractivity contribution in [3.8, 4) is 5.88 Å². The number of rotatable bonds is 9. The minimum atomic E-state index is 0.460. The zero-order valence-corrected chi connectivity index (χ0v) is 14.5. The van der Waals surface area contributed by atoms with E-state index in [4.69, 9.17) is 15.2 Å². The lowest BCUT2D eigenvalue weighted by Crippen LogP contribution is -2.39. The van der Waals surface area contributed by atoms with Gasteiger partial charge in [-0.1, -0.05) is 13.0 Å². The summed E-state index contributed by atoms with van der Waals surface area (Å²) in [5, 5.41) is 3.16. The van der Waals surface area contributed by atoms with E-state index in [0.29, 0.717) is 25.0 Å². The summed E-state index contributed by atoms with van der Waals surface area (Å²) in [5.74, 6) is 1.10. The highest BCUT2D eigenvalue weighted by molar-refractivity contribution is 5.77. The van der Waals surface area contributed by atoms with Gasteiger partial charge in [0.05, 0.1) is 26.4 Å². The zero-order chi connectivity index (χ0) is 17.0. The number of pyridine rings is 1. The fourth-order valence-corrected chi connectivity index (χ4v) is 2.44. The SMILES string of the molecule is CCCOc1ncccc1CN=C(N)NCCCN1CCOCC1. The molecule has 0 amide bonds. The van der Waals surface area contributed by atoms with Crippen LogP contribution in [0.5, 0.6) is 5.88 Å². The molecule has 1 aliphatic rings. The van der Waals surface area contributed by atoms with Gasteiger partial charge in [-0.05, 0) is 25.5 Å². The van der Waals surface area contributed by atoms with Crippen LogP contribution in [0, 0.1) is 0 Å². The van der Waals surface area contributed by atoms with Crippen molar-refractivity contribution in [2.24, 2.45) is 10.7 Å². The molecule has 0 aromatic carbocycles. The lowest BCUT2D eigenvalue weighted by molar-refractivity contribution is 0.0376. The standard InChI is InChI=1S/C17H29N5O2/c1-2-11-24-16-15(5-3-6-19-16)14-21-17(18)20-7-4-8-22-9-12-23-13-10-22/h3,5-6H,2,4,7-14H2,1H3,(H3,18,20,21). The lowest BCUT2D eigenvalue weighted by Gasteiger charge is -2.26. The van der Waals surface area contributed by atoms with E-state index in [9.17, 15) is 0 Å². The Kier molecular flexibility index (Phi) is 8.34. The number of nitrogens with two attached hydrogens (primary N) is 1. The molecule has 1 aliphatic heterocycles. The second-order valence-corrected chi connectivity index (χ2v) is 5.75. The van der Waals surface area contributed by atoms with Gasteiger partial charge in [0.2, 0.25) is 5.88 Å². The Hall–Kier alpha value is -1.86. The average molecular weight is 335 g/mol. The number of nitrogens with zero attached hydrogens (tertiary/aromatic N) is 3. The third-order valence-electron chi connectivity index (χ3n) is 3.77. The fraction of sp³-hybridized carbons (Fsp3) is 0.647. The molecule has 0 aliphatic carbocycles. The monoisotopic (exact) mass is 335 g/mol. The molecular formula is C17H29N5O2. The Labute approximate surface area is 144 Å². The number of aromatic nitrogens is 1. The molecule has 134 valence electrons. The molecule has 7 heteroatoms. The minimum absolute atomic E-state index is 0.460. The highest BCUT2D eigenvalue weighted by Gasteiger charge is 2.09. The van der Waals surface area contributed by atoms with Crippen molar-refractivity contribution < 1.29 is 9.47 Å². The van der Waals surface area contributed by atoms with E-state index in [0.717, 1.165) is 57.8 Å². The number of nitrogens with one attached hydrogen (secondary N) is 1. The van der Waals surface area contributed by atoms with Crippen LogP contribution in [-0.2, 0) is 11.3 Å². The third-order valence-corrected chi connectivity index (χ3v) is 3.77. The van der Waals surface area contributed by atoms with Crippen LogP contribution >= 0.6 is 0 Å². The van der Waals surface area contributed by atoms with E-state index in [1.54, 1.807) is 6.20 Å². The maximum absolute atomic E-state index is 5.94. The molecule has 0 atom stereocenters. The van der Waals surface area contributed by atoms with Crippen LogP contribution in [0.1, 0.15) is 25.3 Å². The maximum atomic E-state index is 5.94. The molecule has 1 aromatic rings. The number of ether oxygens (including phenoxy) is 2. The van der Waals surface area contributed by atoms with Crippen molar-refractivity contribution in [2.45, 2.75) is 26.3 Å². The van der Waals surface area contributed by atoms with Crippen LogP contribution in [0.25, 0.3) is 0 Å². The van der Waals surface area contributed by atoms with Gasteiger partial charge in [0.1, 0.15) is 0 Å². The van der Waals surface area contributed by atoms with Gasteiger partial charge >= 0.3 is 0 Å². The van der Waals surface area contributed by atoms with Crippen LogP contribution < -0.4 is 15.8 Å². The largest absolute Gasteiger partial charge is 0.477 e. The number of guanidine groups is 1. The summed E-state index contributed by atoms with van der Waals surface area (Å²) in [6.45, 7) is 8.78. The molecule has 24 heavy (non-hydrogen) atoms. The topological polar surface area (TPSA) is 85.0 Å². The molecule has 2 heterocycles. The van der Waals surface area contributed by atoms with Crippen molar-refractivity contribution >= 4 is 5.96 Å². The van der Waals surface area contributed by atoms with Crippen LogP contribution in [0.2, 0.25) is 0 Å². The minimum Gasteiger partial charge on any atom is -0.477 e. The molecule has 0 unspecified atom stereocenters. The van der Waals surface area contributed by atoms with Gasteiger partial charge in [-0.25, -0.2) is 9.98 Å². The summed E-state index contributed by atoms with van der Waals surface area (Å²) in [6.07, 6.45) is 3.71. The van der Waals surface area contributed by atoms with Crippen LogP contribution in [-0.4, -0.2) is 61.8 Å². The van der Waals surface area contributed by atoms with Crippen molar-refractivity contribution in [2.75, 3.05) is 46.0 Å². The summed E-state index contributed by atoms with van der Waals surface area (Å²) in [7, 11) is 0. The highest BCUT2D eigenvalue weighted by atomic mass is 16.5. The van der Waals surface area contributed by atoms with Crippen LogP contribution in [0.15, 0.2) is 23.3 Å². The van der Waals surface area contributed by atoms with E-state index in [1.165, 1.54) is 0 Å². The quantitative estimate of drug-likeness (QED) is 0.398. The molecule has 2 rings (SSSR count). The predicted octanol–water partition coefficient (Wildman–Crippen LogP) is 0.997. The fourth-order valence-electron chi connectivity index (χ4n) is 2.44. The summed E-state index contributed by atoms with van der Waals surface area (Å²) in [6, 6.07) is 3.85. The maximum Gasteiger partial charge on any atom is 0.218 e. The number of hydrogen-bond donors (Lipinski definition) is 2. The Bertz CT molecular complexity index is 504. The Morgan fingerprint density at radius 2 is 2.29 bits per heavy atom. The second kappa shape index (κ2) is 10.8. The molecule has 1 saturated heterocycles. The van der Waals surface area contributed by atoms with Crippen LogP contribution in [0.4, 0.5) is 0 Å². The van der Waals surface area contributed by atoms with E-state index in [1.807, 2.05) is 12.1 Å². The molecular weight excluding hydrogens is 306 g/mol. The number of morpholine rings is 1. The summed E-state index contributed by atoms with van der Waals surface area (Å²) in [4.78, 5) is 11.0. The molecule has 3 N–H and O–H groups in total. The first kappa shape index (κ1) is 18.5. The van der Waals surface area contributed by atoms with Crippen molar-refractivity contribution in [1.82, 2.24) is 15.2 Å². The summed E-state index contributed by atoms with van der Waals surface area (Å²) < 4.78 is 11.0. The summed E-state index contributed by atoms with van der Waals surface area (Å²) >= 11 is 0. The molecule has 0 saturated carbocycles. The van der Waals surface area contributed by atoms with Gasteiger partial charge in [-0.2, -0.15) is 0 Å². The third kappa shape index (κ3) is 6.72. The van der Waals surface area contributed by atoms with Gasteiger partial charge in [-0.15, -0.1) is 0 Å². The van der Waals surface area contributed by atoms with Crippen LogP contribution in [0.3, 0.4) is 0 Å². The van der Waals surface area contributed by atoms with Gasteiger partial charge in [0, 0.05) is 31.4 Å². The summed E-state index contributed by atoms with van der Waals surface area (Å²) in [5.41, 5.74) is 6.88. The Morgan fingerprint density at radius 3 is 3.08 bits per heavy atom.